The number of nitrogens with one attached hydrogen (secondary N) is 3. The summed E-state index contributed by atoms with van der Waals surface area (Å²) in [7, 11) is 0. The number of hydrogen-bond donors (Lipinski definition) is 3. The standard InChI is InChI=1S/C25H20Cl2N4O3/c1-2-15-7-10-18(11-8-15)28-23(32)22-14-16-13-17(26)9-12-21(16)31(22)30-25(34)24(33)29-20-6-4-3-5-19(20)27/h3-14H,2H2,1H3,(H,28,32)(H,29,33)(H,30,34). The largest absolute Gasteiger partial charge is 0.328 e. The van der Waals surface area contributed by atoms with Crippen LogP contribution in [0.25, 0.3) is 10.9 Å². The third kappa shape index (κ3) is 5.06. The fraction of sp³-hybridized carbons (Fsp3) is 0.0800. The molecule has 0 unspecified atom stereocenters. The van der Waals surface area contributed by atoms with Crippen LogP contribution in [-0.4, -0.2) is 22.4 Å². The van der Waals surface area contributed by atoms with Crippen molar-refractivity contribution >= 4 is 63.2 Å². The molecular weight excluding hydrogens is 475 g/mol. The first-order chi connectivity index (χ1) is 16.4. The number of aromatic nitrogens is 1. The zero-order valence-electron chi connectivity index (χ0n) is 18.1. The first-order valence-corrected chi connectivity index (χ1v) is 11.2. The van der Waals surface area contributed by atoms with Crippen molar-refractivity contribution in [3.05, 3.63) is 94.1 Å². The molecule has 0 spiro atoms. The minimum atomic E-state index is -0.978. The third-order valence-corrected chi connectivity index (χ3v) is 5.72. The van der Waals surface area contributed by atoms with Crippen molar-refractivity contribution in [2.24, 2.45) is 0 Å². The van der Waals surface area contributed by atoms with Gasteiger partial charge in [0.15, 0.2) is 0 Å². The lowest BCUT2D eigenvalue weighted by molar-refractivity contribution is -0.133. The van der Waals surface area contributed by atoms with Crippen LogP contribution in [0.4, 0.5) is 11.4 Å². The first-order valence-electron chi connectivity index (χ1n) is 10.4. The number of halogens is 2. The van der Waals surface area contributed by atoms with E-state index in [4.69, 9.17) is 23.2 Å². The predicted octanol–water partition coefficient (Wildman–Crippen LogP) is 5.47. The van der Waals surface area contributed by atoms with E-state index in [1.807, 2.05) is 19.1 Å². The van der Waals surface area contributed by atoms with Gasteiger partial charge in [-0.1, -0.05) is 54.4 Å². The van der Waals surface area contributed by atoms with Crippen molar-refractivity contribution in [1.82, 2.24) is 4.68 Å². The molecule has 0 aliphatic rings. The maximum atomic E-state index is 13.1. The van der Waals surface area contributed by atoms with Crippen molar-refractivity contribution in [3.8, 4) is 0 Å². The van der Waals surface area contributed by atoms with Gasteiger partial charge in [-0.05, 0) is 60.5 Å². The van der Waals surface area contributed by atoms with Gasteiger partial charge in [0.05, 0.1) is 16.2 Å². The van der Waals surface area contributed by atoms with Crippen LogP contribution in [0.5, 0.6) is 0 Å². The number of benzene rings is 3. The van der Waals surface area contributed by atoms with Crippen molar-refractivity contribution in [2.45, 2.75) is 13.3 Å². The first kappa shape index (κ1) is 23.4. The molecule has 4 rings (SSSR count). The molecular formula is C25H20Cl2N4O3. The molecule has 4 aromatic rings. The summed E-state index contributed by atoms with van der Waals surface area (Å²) in [5, 5.41) is 6.65. The number of rotatable bonds is 5. The number of amides is 3. The van der Waals surface area contributed by atoms with Gasteiger partial charge in [-0.25, -0.2) is 4.68 Å². The molecule has 1 aromatic heterocycles. The fourth-order valence-corrected chi connectivity index (χ4v) is 3.75. The van der Waals surface area contributed by atoms with Crippen LogP contribution < -0.4 is 16.1 Å². The molecule has 9 heteroatoms. The Bertz CT molecular complexity index is 1400. The summed E-state index contributed by atoms with van der Waals surface area (Å²) in [5.74, 6) is -2.39. The lowest BCUT2D eigenvalue weighted by Gasteiger charge is -2.13. The summed E-state index contributed by atoms with van der Waals surface area (Å²) < 4.78 is 1.26. The van der Waals surface area contributed by atoms with Gasteiger partial charge >= 0.3 is 11.8 Å². The lowest BCUT2D eigenvalue weighted by Crippen LogP contribution is -2.36. The van der Waals surface area contributed by atoms with Gasteiger partial charge in [0.2, 0.25) is 0 Å². The van der Waals surface area contributed by atoms with Crippen LogP contribution in [0, 0.1) is 0 Å². The summed E-state index contributed by atoms with van der Waals surface area (Å²) in [6.45, 7) is 2.04. The van der Waals surface area contributed by atoms with E-state index in [0.717, 1.165) is 12.0 Å². The van der Waals surface area contributed by atoms with Gasteiger partial charge < -0.3 is 10.6 Å². The highest BCUT2D eigenvalue weighted by atomic mass is 35.5. The summed E-state index contributed by atoms with van der Waals surface area (Å²) in [6, 6.07) is 20.5. The Kier molecular flexibility index (Phi) is 6.86. The van der Waals surface area contributed by atoms with Crippen molar-refractivity contribution in [3.63, 3.8) is 0 Å². The lowest BCUT2D eigenvalue weighted by atomic mass is 10.1. The molecule has 0 radical (unpaired) electrons. The molecule has 0 bridgehead atoms. The van der Waals surface area contributed by atoms with E-state index in [2.05, 4.69) is 16.1 Å². The zero-order valence-corrected chi connectivity index (χ0v) is 19.6. The Hall–Kier alpha value is -3.81. The molecule has 1 heterocycles. The number of fused-ring (bicyclic) bond motifs is 1. The molecule has 0 aliphatic heterocycles. The quantitative estimate of drug-likeness (QED) is 0.321. The fourth-order valence-electron chi connectivity index (χ4n) is 3.39. The molecule has 0 saturated carbocycles. The van der Waals surface area contributed by atoms with Gasteiger partial charge in [-0.2, -0.15) is 0 Å². The number of carbonyl (C=O) groups excluding carboxylic acids is 3. The molecule has 34 heavy (non-hydrogen) atoms. The van der Waals surface area contributed by atoms with Crippen LogP contribution in [0.2, 0.25) is 10.0 Å². The second-order valence-electron chi connectivity index (χ2n) is 7.45. The summed E-state index contributed by atoms with van der Waals surface area (Å²) in [6.07, 6.45) is 0.880. The second kappa shape index (κ2) is 9.99. The summed E-state index contributed by atoms with van der Waals surface area (Å²) in [4.78, 5) is 38.3. The molecule has 3 N–H and O–H groups in total. The molecule has 7 nitrogen and oxygen atoms in total. The number of anilines is 2. The third-order valence-electron chi connectivity index (χ3n) is 5.16. The van der Waals surface area contributed by atoms with E-state index < -0.39 is 17.7 Å². The summed E-state index contributed by atoms with van der Waals surface area (Å²) >= 11 is 12.2. The maximum Gasteiger partial charge on any atom is 0.328 e. The molecule has 3 amide bonds. The van der Waals surface area contributed by atoms with Gasteiger partial charge in [-0.3, -0.25) is 19.8 Å². The van der Waals surface area contributed by atoms with Crippen molar-refractivity contribution in [1.29, 1.82) is 0 Å². The smallest absolute Gasteiger partial charge is 0.321 e. The van der Waals surface area contributed by atoms with Crippen molar-refractivity contribution in [2.75, 3.05) is 16.1 Å². The number of aryl methyl sites for hydroxylation is 1. The topological polar surface area (TPSA) is 92.2 Å². The molecule has 0 fully saturated rings. The Morgan fingerprint density at radius 3 is 2.29 bits per heavy atom. The number of nitrogens with zero attached hydrogens (tertiary/aromatic N) is 1. The average molecular weight is 495 g/mol. The van der Waals surface area contributed by atoms with Gasteiger partial charge in [0, 0.05) is 16.1 Å². The monoisotopic (exact) mass is 494 g/mol. The van der Waals surface area contributed by atoms with Crippen LogP contribution >= 0.6 is 23.2 Å². The van der Waals surface area contributed by atoms with Crippen LogP contribution in [0.1, 0.15) is 23.0 Å². The zero-order chi connectivity index (χ0) is 24.2. The molecule has 0 atom stereocenters. The minimum absolute atomic E-state index is 0.121. The second-order valence-corrected chi connectivity index (χ2v) is 8.29. The Labute approximate surface area is 205 Å². The predicted molar refractivity (Wildman–Crippen MR) is 135 cm³/mol. The van der Waals surface area contributed by atoms with E-state index in [9.17, 15) is 14.4 Å². The molecule has 3 aromatic carbocycles. The van der Waals surface area contributed by atoms with Gasteiger partial charge in [0.25, 0.3) is 5.91 Å². The number of para-hydroxylation sites is 1. The Balaban J connectivity index is 1.62. The average Bonchev–Trinajstić information content (AvgIpc) is 3.18. The van der Waals surface area contributed by atoms with E-state index in [0.29, 0.717) is 32.3 Å². The van der Waals surface area contributed by atoms with E-state index in [1.165, 1.54) is 4.68 Å². The molecule has 0 saturated heterocycles. The van der Waals surface area contributed by atoms with E-state index >= 15 is 0 Å². The Morgan fingerprint density at radius 1 is 0.853 bits per heavy atom. The normalized spacial score (nSPS) is 10.7. The van der Waals surface area contributed by atoms with Gasteiger partial charge in [-0.15, -0.1) is 0 Å². The van der Waals surface area contributed by atoms with Crippen LogP contribution in [0.3, 0.4) is 0 Å². The van der Waals surface area contributed by atoms with Crippen LogP contribution in [-0.2, 0) is 16.0 Å². The molecule has 172 valence electrons. The maximum absolute atomic E-state index is 13.1. The number of hydrogen-bond acceptors (Lipinski definition) is 3. The number of carbonyl (C=O) groups is 3. The van der Waals surface area contributed by atoms with E-state index in [1.54, 1.807) is 60.7 Å². The molecule has 0 aliphatic carbocycles. The SMILES string of the molecule is CCc1ccc(NC(=O)c2cc3cc(Cl)ccc3n2NC(=O)C(=O)Nc2ccccc2Cl)cc1. The van der Waals surface area contributed by atoms with Gasteiger partial charge in [0.1, 0.15) is 5.69 Å². The van der Waals surface area contributed by atoms with Crippen molar-refractivity contribution < 1.29 is 14.4 Å². The highest BCUT2D eigenvalue weighted by Gasteiger charge is 2.21. The highest BCUT2D eigenvalue weighted by molar-refractivity contribution is 6.44. The summed E-state index contributed by atoms with van der Waals surface area (Å²) in [5.41, 5.74) is 5.14. The van der Waals surface area contributed by atoms with Crippen LogP contribution in [0.15, 0.2) is 72.8 Å². The van der Waals surface area contributed by atoms with E-state index in [-0.39, 0.29) is 5.69 Å². The minimum Gasteiger partial charge on any atom is -0.321 e. The highest BCUT2D eigenvalue weighted by Crippen LogP contribution is 2.24. The Morgan fingerprint density at radius 2 is 1.59 bits per heavy atom.